The van der Waals surface area contributed by atoms with Crippen LogP contribution in [0.4, 0.5) is 0 Å². The van der Waals surface area contributed by atoms with E-state index in [-0.39, 0.29) is 0 Å². The van der Waals surface area contributed by atoms with Gasteiger partial charge in [-0.2, -0.15) is 0 Å². The van der Waals surface area contributed by atoms with Gasteiger partial charge in [0.05, 0.1) is 11.4 Å². The highest BCUT2D eigenvalue weighted by Gasteiger charge is 2.34. The highest BCUT2D eigenvalue weighted by atomic mass is 15.3. The fourth-order valence-corrected chi connectivity index (χ4v) is 4.76. The summed E-state index contributed by atoms with van der Waals surface area (Å²) < 4.78 is 0. The largest absolute Gasteiger partial charge is 0.368 e. The highest BCUT2D eigenvalue weighted by molar-refractivity contribution is 5.42. The van der Waals surface area contributed by atoms with Gasteiger partial charge in [-0.3, -0.25) is 0 Å². The van der Waals surface area contributed by atoms with Crippen molar-refractivity contribution in [3.63, 3.8) is 0 Å². The first kappa shape index (κ1) is 22.9. The summed E-state index contributed by atoms with van der Waals surface area (Å²) in [6, 6.07) is 2.93. The molecule has 0 heterocycles. The molecule has 0 amide bonds. The third kappa shape index (κ3) is 4.78. The molecule has 1 rings (SSSR count). The SMILES string of the molecule is CC(C)N(C1=CCC(N(C(C)C)C(C)C)=C1N(C(C)C)C(C)C)C(C)C. The van der Waals surface area contributed by atoms with Crippen LogP contribution < -0.4 is 0 Å². The van der Waals surface area contributed by atoms with Gasteiger partial charge in [-0.15, -0.1) is 0 Å². The summed E-state index contributed by atoms with van der Waals surface area (Å²) in [5.74, 6) is 0. The summed E-state index contributed by atoms with van der Waals surface area (Å²) in [4.78, 5) is 7.85. The lowest BCUT2D eigenvalue weighted by Crippen LogP contribution is -2.45. The normalized spacial score (nSPS) is 15.4. The second-order valence-electron chi connectivity index (χ2n) is 9.37. The lowest BCUT2D eigenvalue weighted by Gasteiger charge is -2.44. The van der Waals surface area contributed by atoms with Gasteiger partial charge in [-0.05, 0) is 83.1 Å². The Bertz CT molecular complexity index is 486. The highest BCUT2D eigenvalue weighted by Crippen LogP contribution is 2.38. The third-order valence-corrected chi connectivity index (χ3v) is 5.19. The molecule has 0 saturated carbocycles. The number of hydrogen-bond acceptors (Lipinski definition) is 3. The molecule has 0 spiro atoms. The predicted octanol–water partition coefficient (Wildman–Crippen LogP) is 5.84. The fourth-order valence-electron chi connectivity index (χ4n) is 4.76. The molecule has 0 bridgehead atoms. The van der Waals surface area contributed by atoms with Crippen molar-refractivity contribution >= 4 is 0 Å². The van der Waals surface area contributed by atoms with Crippen molar-refractivity contribution in [1.29, 1.82) is 0 Å². The summed E-state index contributed by atoms with van der Waals surface area (Å²) in [5, 5.41) is 0. The summed E-state index contributed by atoms with van der Waals surface area (Å²) in [6.45, 7) is 27.8. The first-order chi connectivity index (χ1) is 11.9. The van der Waals surface area contributed by atoms with Gasteiger partial charge in [0, 0.05) is 48.4 Å². The van der Waals surface area contributed by atoms with Crippen LogP contribution >= 0.6 is 0 Å². The zero-order valence-corrected chi connectivity index (χ0v) is 19.6. The van der Waals surface area contributed by atoms with Crippen LogP contribution in [-0.4, -0.2) is 51.0 Å². The minimum absolute atomic E-state index is 0.476. The molecule has 0 fully saturated rings. The molecule has 0 aliphatic heterocycles. The summed E-state index contributed by atoms with van der Waals surface area (Å²) >= 11 is 0. The maximum Gasteiger partial charge on any atom is 0.0803 e. The molecule has 1 aliphatic rings. The monoisotopic (exact) mass is 363 g/mol. The van der Waals surface area contributed by atoms with Gasteiger partial charge in [-0.1, -0.05) is 6.08 Å². The molecule has 0 aromatic carbocycles. The van der Waals surface area contributed by atoms with Crippen molar-refractivity contribution in [3.8, 4) is 0 Å². The predicted molar refractivity (Wildman–Crippen MR) is 116 cm³/mol. The van der Waals surface area contributed by atoms with Gasteiger partial charge in [0.15, 0.2) is 0 Å². The van der Waals surface area contributed by atoms with Crippen LogP contribution in [0.5, 0.6) is 0 Å². The van der Waals surface area contributed by atoms with E-state index in [1.807, 2.05) is 0 Å². The zero-order chi connectivity index (χ0) is 20.3. The van der Waals surface area contributed by atoms with E-state index >= 15 is 0 Å². The molecular formula is C23H45N3. The Morgan fingerprint density at radius 2 is 0.885 bits per heavy atom. The minimum atomic E-state index is 0.476. The van der Waals surface area contributed by atoms with Gasteiger partial charge in [-0.25, -0.2) is 0 Å². The van der Waals surface area contributed by atoms with Crippen LogP contribution in [0.2, 0.25) is 0 Å². The molecule has 152 valence electrons. The van der Waals surface area contributed by atoms with Gasteiger partial charge in [0.25, 0.3) is 0 Å². The summed E-state index contributed by atoms with van der Waals surface area (Å²) in [7, 11) is 0. The smallest absolute Gasteiger partial charge is 0.0803 e. The van der Waals surface area contributed by atoms with Crippen molar-refractivity contribution < 1.29 is 0 Å². The average Bonchev–Trinajstić information content (AvgIpc) is 2.81. The van der Waals surface area contributed by atoms with E-state index in [4.69, 9.17) is 0 Å². The Balaban J connectivity index is 3.62. The van der Waals surface area contributed by atoms with Crippen LogP contribution in [0.3, 0.4) is 0 Å². The maximum absolute atomic E-state index is 2.63. The van der Waals surface area contributed by atoms with E-state index in [0.29, 0.717) is 36.3 Å². The Kier molecular flexibility index (Phi) is 8.10. The number of nitrogens with zero attached hydrogens (tertiary/aromatic N) is 3. The molecule has 0 aromatic heterocycles. The maximum atomic E-state index is 2.63. The van der Waals surface area contributed by atoms with E-state index in [2.05, 4.69) is 104 Å². The van der Waals surface area contributed by atoms with Gasteiger partial charge >= 0.3 is 0 Å². The number of allylic oxidation sites excluding steroid dienone is 1. The van der Waals surface area contributed by atoms with Crippen molar-refractivity contribution in [1.82, 2.24) is 14.7 Å². The van der Waals surface area contributed by atoms with E-state index in [0.717, 1.165) is 6.42 Å². The molecular weight excluding hydrogens is 318 g/mol. The average molecular weight is 364 g/mol. The number of hydrogen-bond donors (Lipinski definition) is 0. The van der Waals surface area contributed by atoms with Crippen molar-refractivity contribution in [3.05, 3.63) is 23.2 Å². The molecule has 3 nitrogen and oxygen atoms in total. The summed E-state index contributed by atoms with van der Waals surface area (Å²) in [5.41, 5.74) is 4.39. The number of rotatable bonds is 9. The quantitative estimate of drug-likeness (QED) is 0.509. The third-order valence-electron chi connectivity index (χ3n) is 5.19. The minimum Gasteiger partial charge on any atom is -0.368 e. The van der Waals surface area contributed by atoms with E-state index in [9.17, 15) is 0 Å². The molecule has 0 N–H and O–H groups in total. The molecule has 3 heteroatoms. The van der Waals surface area contributed by atoms with Gasteiger partial charge < -0.3 is 14.7 Å². The van der Waals surface area contributed by atoms with Crippen LogP contribution in [0.15, 0.2) is 23.2 Å². The van der Waals surface area contributed by atoms with Gasteiger partial charge in [0.1, 0.15) is 0 Å². The van der Waals surface area contributed by atoms with E-state index < -0.39 is 0 Å². The second-order valence-corrected chi connectivity index (χ2v) is 9.37. The molecule has 26 heavy (non-hydrogen) atoms. The first-order valence-corrected chi connectivity index (χ1v) is 10.7. The topological polar surface area (TPSA) is 9.72 Å². The van der Waals surface area contributed by atoms with E-state index in [1.165, 1.54) is 17.1 Å². The Morgan fingerprint density at radius 3 is 1.19 bits per heavy atom. The fraction of sp³-hybridized carbons (Fsp3) is 0.826. The van der Waals surface area contributed by atoms with Crippen molar-refractivity contribution in [2.45, 2.75) is 126 Å². The van der Waals surface area contributed by atoms with E-state index in [1.54, 1.807) is 0 Å². The van der Waals surface area contributed by atoms with Crippen molar-refractivity contribution in [2.24, 2.45) is 0 Å². The second kappa shape index (κ2) is 9.19. The van der Waals surface area contributed by atoms with Crippen LogP contribution in [0.25, 0.3) is 0 Å². The lowest BCUT2D eigenvalue weighted by molar-refractivity contribution is 0.171. The lowest BCUT2D eigenvalue weighted by atomic mass is 10.1. The standard InChI is InChI=1S/C23H45N3/c1-15(2)24(16(3)4)21-13-14-22(25(17(5)6)18(7)8)23(21)26(19(9)10)20(11)12/h13,15-20H,14H2,1-12H3. The van der Waals surface area contributed by atoms with Crippen LogP contribution in [0.1, 0.15) is 89.5 Å². The molecule has 0 saturated heterocycles. The van der Waals surface area contributed by atoms with Crippen LogP contribution in [0, 0.1) is 0 Å². The Labute approximate surface area is 164 Å². The molecule has 0 radical (unpaired) electrons. The zero-order valence-electron chi connectivity index (χ0n) is 19.6. The Morgan fingerprint density at radius 1 is 0.538 bits per heavy atom. The molecule has 0 unspecified atom stereocenters. The first-order valence-electron chi connectivity index (χ1n) is 10.7. The molecule has 0 aromatic rings. The van der Waals surface area contributed by atoms with Crippen molar-refractivity contribution in [2.75, 3.05) is 0 Å². The molecule has 1 aliphatic carbocycles. The van der Waals surface area contributed by atoms with Crippen LogP contribution in [-0.2, 0) is 0 Å². The molecule has 0 atom stereocenters. The Hall–Kier alpha value is -1.12. The van der Waals surface area contributed by atoms with Gasteiger partial charge in [0.2, 0.25) is 0 Å². The summed E-state index contributed by atoms with van der Waals surface area (Å²) in [6.07, 6.45) is 3.51.